The van der Waals surface area contributed by atoms with Crippen molar-refractivity contribution in [3.05, 3.63) is 78.9 Å². The molecular weight excluding hydrogens is 386 g/mol. The number of nitrogens with zero attached hydrogens (tertiary/aromatic N) is 2. The summed E-state index contributed by atoms with van der Waals surface area (Å²) in [6, 6.07) is 20.0. The van der Waals surface area contributed by atoms with Gasteiger partial charge in [0.05, 0.1) is 27.5 Å². The van der Waals surface area contributed by atoms with Gasteiger partial charge in [0.1, 0.15) is 11.5 Å². The van der Waals surface area contributed by atoms with Gasteiger partial charge in [0.25, 0.3) is 0 Å². The van der Waals surface area contributed by atoms with Crippen molar-refractivity contribution in [2.24, 2.45) is 4.99 Å². The fraction of sp³-hybridized carbons (Fsp3) is 0.0385. The molecule has 30 heavy (non-hydrogen) atoms. The van der Waals surface area contributed by atoms with Gasteiger partial charge in [-0.05, 0) is 12.1 Å². The molecule has 0 fully saturated rings. The van der Waals surface area contributed by atoms with Crippen molar-refractivity contribution in [3.8, 4) is 0 Å². The molecule has 4 heteroatoms. The van der Waals surface area contributed by atoms with Crippen LogP contribution in [0.15, 0.2) is 83.9 Å². The van der Waals surface area contributed by atoms with Crippen molar-refractivity contribution < 1.29 is 0 Å². The van der Waals surface area contributed by atoms with Crippen molar-refractivity contribution in [1.82, 2.24) is 4.40 Å². The number of allylic oxidation sites excluding steroid dienone is 2. The van der Waals surface area contributed by atoms with Crippen LogP contribution in [0, 0.1) is 0 Å². The minimum absolute atomic E-state index is 0.122. The van der Waals surface area contributed by atoms with E-state index in [2.05, 4.69) is 88.6 Å². The van der Waals surface area contributed by atoms with Crippen LogP contribution in [0.3, 0.4) is 0 Å². The minimum atomic E-state index is 0.122. The molecule has 1 atom stereocenters. The number of aromatic nitrogens is 1. The number of benzene rings is 3. The molecule has 3 aromatic carbocycles. The van der Waals surface area contributed by atoms with Gasteiger partial charge in [0.2, 0.25) is 0 Å². The van der Waals surface area contributed by atoms with E-state index < -0.39 is 0 Å². The number of thiophene rings is 1. The van der Waals surface area contributed by atoms with E-state index in [-0.39, 0.29) is 6.04 Å². The van der Waals surface area contributed by atoms with Crippen LogP contribution in [0.1, 0.15) is 0 Å². The van der Waals surface area contributed by atoms with Crippen molar-refractivity contribution in [2.45, 2.75) is 6.04 Å². The molecule has 6 aromatic rings. The summed E-state index contributed by atoms with van der Waals surface area (Å²) in [5.41, 5.74) is 4.70. The molecule has 0 saturated carbocycles. The van der Waals surface area contributed by atoms with Crippen LogP contribution in [-0.2, 0) is 0 Å². The molecule has 3 aromatic heterocycles. The largest absolute Gasteiger partial charge is 0.357 e. The molecule has 0 amide bonds. The third-order valence-corrected chi connectivity index (χ3v) is 7.72. The Bertz CT molecular complexity index is 1780. The van der Waals surface area contributed by atoms with Crippen LogP contribution in [0.5, 0.6) is 0 Å². The van der Waals surface area contributed by atoms with E-state index in [0.29, 0.717) is 0 Å². The first-order valence-corrected chi connectivity index (χ1v) is 11.0. The summed E-state index contributed by atoms with van der Waals surface area (Å²) in [5.74, 6) is 1.11. The van der Waals surface area contributed by atoms with E-state index in [1.54, 1.807) is 0 Å². The van der Waals surface area contributed by atoms with Crippen molar-refractivity contribution in [1.29, 1.82) is 0 Å². The Kier molecular flexibility index (Phi) is 2.59. The van der Waals surface area contributed by atoms with Crippen molar-refractivity contribution >= 4 is 75.9 Å². The third kappa shape index (κ3) is 1.67. The highest BCUT2D eigenvalue weighted by Crippen LogP contribution is 2.49. The summed E-state index contributed by atoms with van der Waals surface area (Å²) in [5, 5.41) is 10.3. The van der Waals surface area contributed by atoms with E-state index in [0.717, 1.165) is 17.2 Å². The van der Waals surface area contributed by atoms with Gasteiger partial charge >= 0.3 is 0 Å². The lowest BCUT2D eigenvalue weighted by molar-refractivity contribution is 1.09. The smallest absolute Gasteiger partial charge is 0.139 e. The Hall–Kier alpha value is -3.63. The Morgan fingerprint density at radius 3 is 2.63 bits per heavy atom. The monoisotopic (exact) mass is 401 g/mol. The number of rotatable bonds is 0. The number of hydrogen-bond donors (Lipinski definition) is 1. The molecular formula is C26H15N3S. The fourth-order valence-electron chi connectivity index (χ4n) is 5.26. The summed E-state index contributed by atoms with van der Waals surface area (Å²) in [6.45, 7) is 0. The van der Waals surface area contributed by atoms with Crippen LogP contribution in [0.2, 0.25) is 0 Å². The molecule has 0 radical (unpaired) electrons. The second-order valence-corrected chi connectivity index (χ2v) is 9.13. The topological polar surface area (TPSA) is 28.8 Å². The normalized spacial score (nSPS) is 17.9. The van der Waals surface area contributed by atoms with E-state index in [1.807, 2.05) is 11.3 Å². The maximum absolute atomic E-state index is 5.09. The first-order chi connectivity index (χ1) is 14.9. The number of nitrogens with one attached hydrogen (secondary N) is 1. The van der Waals surface area contributed by atoms with Crippen molar-refractivity contribution in [3.63, 3.8) is 0 Å². The first kappa shape index (κ1) is 15.2. The van der Waals surface area contributed by atoms with Crippen LogP contribution >= 0.6 is 11.3 Å². The Morgan fingerprint density at radius 2 is 1.63 bits per heavy atom. The molecule has 2 aliphatic rings. The Balaban J connectivity index is 1.64. The molecule has 0 bridgehead atoms. The highest BCUT2D eigenvalue weighted by Gasteiger charge is 2.29. The zero-order valence-corrected chi connectivity index (χ0v) is 16.7. The molecule has 0 spiro atoms. The van der Waals surface area contributed by atoms with Gasteiger partial charge in [-0.2, -0.15) is 0 Å². The average molecular weight is 401 g/mol. The van der Waals surface area contributed by atoms with E-state index in [4.69, 9.17) is 4.99 Å². The molecule has 4 heterocycles. The van der Waals surface area contributed by atoms with Crippen LogP contribution < -0.4 is 5.32 Å². The summed E-state index contributed by atoms with van der Waals surface area (Å²) >= 11 is 1.89. The van der Waals surface area contributed by atoms with E-state index >= 15 is 0 Å². The van der Waals surface area contributed by atoms with E-state index in [1.165, 1.54) is 47.4 Å². The lowest BCUT2D eigenvalue weighted by atomic mass is 10.0. The predicted octanol–water partition coefficient (Wildman–Crippen LogP) is 7.04. The summed E-state index contributed by atoms with van der Waals surface area (Å²) < 4.78 is 5.11. The van der Waals surface area contributed by atoms with Crippen LogP contribution in [-0.4, -0.2) is 16.2 Å². The maximum atomic E-state index is 5.09. The molecule has 0 saturated heterocycles. The molecule has 1 unspecified atom stereocenters. The number of para-hydroxylation sites is 1. The third-order valence-electron chi connectivity index (χ3n) is 6.53. The van der Waals surface area contributed by atoms with Gasteiger partial charge in [0.15, 0.2) is 0 Å². The molecule has 8 rings (SSSR count). The summed E-state index contributed by atoms with van der Waals surface area (Å²) in [7, 11) is 0. The van der Waals surface area contributed by atoms with Gasteiger partial charge in [-0.1, -0.05) is 66.8 Å². The Labute approximate surface area is 175 Å². The number of hydrogen-bond acceptors (Lipinski definition) is 3. The number of aliphatic imine (C=N–C) groups is 1. The van der Waals surface area contributed by atoms with Gasteiger partial charge in [-0.3, -0.25) is 4.40 Å². The predicted molar refractivity (Wildman–Crippen MR) is 129 cm³/mol. The average Bonchev–Trinajstić information content (AvgIpc) is 3.43. The fourth-order valence-corrected chi connectivity index (χ4v) is 6.50. The Morgan fingerprint density at radius 1 is 0.800 bits per heavy atom. The SMILES string of the molecule is C1=CC2=Nc3c(n4c5c3cccc5c3ccc5c6ccccc6sc5c34)NC2C=C1. The second kappa shape index (κ2) is 5.10. The zero-order valence-electron chi connectivity index (χ0n) is 15.9. The first-order valence-electron chi connectivity index (χ1n) is 10.2. The zero-order chi connectivity index (χ0) is 19.4. The molecule has 1 aliphatic carbocycles. The quantitative estimate of drug-likeness (QED) is 0.290. The van der Waals surface area contributed by atoms with Crippen LogP contribution in [0.25, 0.3) is 47.4 Å². The van der Waals surface area contributed by atoms with E-state index in [9.17, 15) is 0 Å². The van der Waals surface area contributed by atoms with Crippen molar-refractivity contribution in [2.75, 3.05) is 5.32 Å². The molecule has 140 valence electrons. The highest BCUT2D eigenvalue weighted by atomic mass is 32.1. The van der Waals surface area contributed by atoms with Gasteiger partial charge in [-0.25, -0.2) is 4.99 Å². The van der Waals surface area contributed by atoms with Crippen LogP contribution in [0.4, 0.5) is 11.5 Å². The maximum Gasteiger partial charge on any atom is 0.139 e. The van der Waals surface area contributed by atoms with Gasteiger partial charge in [-0.15, -0.1) is 11.3 Å². The van der Waals surface area contributed by atoms with Gasteiger partial charge in [0, 0.05) is 31.6 Å². The standard InChI is InChI=1S/C26H15N3S/c1-4-11-21-14(6-1)17-13-12-16-15-7-5-8-18-22-26(28-20-10-3-2-9-19(20)27-22)29(23(15)18)24(16)25(17)30-21/h1-13,20,28H. The van der Waals surface area contributed by atoms with Gasteiger partial charge < -0.3 is 5.32 Å². The lowest BCUT2D eigenvalue weighted by Gasteiger charge is -2.23. The second-order valence-electron chi connectivity index (χ2n) is 8.07. The lowest BCUT2D eigenvalue weighted by Crippen LogP contribution is -2.30. The number of anilines is 1. The summed E-state index contributed by atoms with van der Waals surface area (Å²) in [4.78, 5) is 5.09. The molecule has 3 nitrogen and oxygen atoms in total. The summed E-state index contributed by atoms with van der Waals surface area (Å²) in [6.07, 6.45) is 8.45. The molecule has 1 N–H and O–H groups in total. The molecule has 1 aliphatic heterocycles. The highest BCUT2D eigenvalue weighted by molar-refractivity contribution is 7.26. The number of fused-ring (bicyclic) bond motifs is 11. The minimum Gasteiger partial charge on any atom is -0.357 e.